The summed E-state index contributed by atoms with van der Waals surface area (Å²) < 4.78 is 16.2. The number of ether oxygens (including phenoxy) is 2. The van der Waals surface area contributed by atoms with E-state index in [1.54, 1.807) is 0 Å². The predicted molar refractivity (Wildman–Crippen MR) is 142 cm³/mol. The number of hydrogen-bond donors (Lipinski definition) is 0. The van der Waals surface area contributed by atoms with Crippen LogP contribution in [0.15, 0.2) is 134 Å². The van der Waals surface area contributed by atoms with Crippen LogP contribution in [0.3, 0.4) is 0 Å². The Hall–Kier alpha value is -4.44. The number of pyridine rings is 2. The zero-order valence-corrected chi connectivity index (χ0v) is 20.2. The number of rotatable bonds is 10. The molecule has 0 aliphatic carbocycles. The van der Waals surface area contributed by atoms with Crippen LogP contribution in [-0.2, 0) is 13.1 Å². The summed E-state index contributed by atoms with van der Waals surface area (Å²) >= 11 is 0. The molecule has 0 amide bonds. The summed E-state index contributed by atoms with van der Waals surface area (Å²) in [6, 6.07) is 37.2. The minimum atomic E-state index is 0.586. The van der Waals surface area contributed by atoms with Crippen molar-refractivity contribution in [2.45, 2.75) is 13.1 Å². The summed E-state index contributed by atoms with van der Waals surface area (Å²) in [6.07, 6.45) is 8.37. The Morgan fingerprint density at radius 2 is 0.806 bits per heavy atom. The van der Waals surface area contributed by atoms with Crippen molar-refractivity contribution >= 4 is 0 Å². The van der Waals surface area contributed by atoms with Crippen molar-refractivity contribution in [3.63, 3.8) is 0 Å². The average Bonchev–Trinajstić information content (AvgIpc) is 2.95. The first-order valence-electron chi connectivity index (χ1n) is 12.3. The molecule has 0 saturated heterocycles. The van der Waals surface area contributed by atoms with Gasteiger partial charge in [0.15, 0.2) is 37.9 Å². The van der Waals surface area contributed by atoms with Crippen molar-refractivity contribution < 1.29 is 18.6 Å². The molecule has 36 heavy (non-hydrogen) atoms. The average molecular weight is 475 g/mol. The van der Waals surface area contributed by atoms with Crippen LogP contribution in [0.5, 0.6) is 11.5 Å². The van der Waals surface area contributed by atoms with E-state index in [2.05, 4.69) is 107 Å². The predicted octanol–water partition coefficient (Wildman–Crippen LogP) is 5.75. The molecule has 0 aliphatic rings. The number of nitrogens with zero attached hydrogens (tertiary/aromatic N) is 2. The van der Waals surface area contributed by atoms with Crippen molar-refractivity contribution in [3.8, 4) is 33.8 Å². The second-order valence-corrected chi connectivity index (χ2v) is 8.55. The van der Waals surface area contributed by atoms with Crippen molar-refractivity contribution in [1.29, 1.82) is 0 Å². The molecule has 2 aromatic heterocycles. The van der Waals surface area contributed by atoms with Gasteiger partial charge in [0.25, 0.3) is 0 Å². The highest BCUT2D eigenvalue weighted by Gasteiger charge is 2.06. The lowest BCUT2D eigenvalue weighted by Gasteiger charge is -2.08. The van der Waals surface area contributed by atoms with Crippen LogP contribution in [-0.4, -0.2) is 13.2 Å². The Morgan fingerprint density at radius 1 is 0.417 bits per heavy atom. The van der Waals surface area contributed by atoms with Crippen LogP contribution in [0, 0.1) is 0 Å². The number of hydrogen-bond acceptors (Lipinski definition) is 2. The molecule has 3 aromatic carbocycles. The molecule has 0 radical (unpaired) electrons. The quantitative estimate of drug-likeness (QED) is 0.241. The van der Waals surface area contributed by atoms with Crippen LogP contribution >= 0.6 is 0 Å². The third kappa shape index (κ3) is 6.36. The molecular weight excluding hydrogens is 444 g/mol. The summed E-state index contributed by atoms with van der Waals surface area (Å²) in [5.41, 5.74) is 4.87. The van der Waals surface area contributed by atoms with Gasteiger partial charge in [-0.05, 0) is 34.4 Å². The second-order valence-electron chi connectivity index (χ2n) is 8.55. The van der Waals surface area contributed by atoms with Crippen LogP contribution < -0.4 is 18.6 Å². The van der Waals surface area contributed by atoms with E-state index in [-0.39, 0.29) is 0 Å². The third-order valence-electron chi connectivity index (χ3n) is 6.04. The first-order chi connectivity index (χ1) is 17.8. The fourth-order valence-electron chi connectivity index (χ4n) is 4.05. The van der Waals surface area contributed by atoms with E-state index in [9.17, 15) is 0 Å². The number of benzene rings is 3. The monoisotopic (exact) mass is 474 g/mol. The SMILES string of the molecule is c1ccc(-c2cc[n+](CCOc3cccc(OCC[n+]4ccc(-c5ccccc5)cc4)c3)cc2)cc1. The molecular formula is C32H30N2O2+2. The van der Waals surface area contributed by atoms with Gasteiger partial charge in [-0.25, -0.2) is 9.13 Å². The van der Waals surface area contributed by atoms with Gasteiger partial charge in [0.2, 0.25) is 0 Å². The van der Waals surface area contributed by atoms with Crippen LogP contribution in [0.1, 0.15) is 0 Å². The Labute approximate surface area is 212 Å². The van der Waals surface area contributed by atoms with Gasteiger partial charge in [-0.1, -0.05) is 66.7 Å². The first kappa shape index (κ1) is 23.3. The maximum Gasteiger partial charge on any atom is 0.182 e. The van der Waals surface area contributed by atoms with Gasteiger partial charge in [-0.15, -0.1) is 0 Å². The van der Waals surface area contributed by atoms with Gasteiger partial charge in [0.1, 0.15) is 24.7 Å². The Balaban J connectivity index is 1.07. The van der Waals surface area contributed by atoms with E-state index in [0.717, 1.165) is 24.6 Å². The topological polar surface area (TPSA) is 26.2 Å². The molecule has 0 spiro atoms. The number of aromatic nitrogens is 2. The molecule has 0 saturated carbocycles. The van der Waals surface area contributed by atoms with E-state index in [4.69, 9.17) is 9.47 Å². The van der Waals surface area contributed by atoms with Gasteiger partial charge < -0.3 is 9.47 Å². The summed E-state index contributed by atoms with van der Waals surface area (Å²) in [4.78, 5) is 0. The summed E-state index contributed by atoms with van der Waals surface area (Å²) in [5.74, 6) is 1.63. The maximum atomic E-state index is 5.98. The van der Waals surface area contributed by atoms with Gasteiger partial charge in [-0.3, -0.25) is 0 Å². The molecule has 0 N–H and O–H groups in total. The Kier molecular flexibility index (Phi) is 7.64. The minimum Gasteiger partial charge on any atom is -0.487 e. The van der Waals surface area contributed by atoms with Gasteiger partial charge in [0.05, 0.1) is 0 Å². The van der Waals surface area contributed by atoms with Gasteiger partial charge in [-0.2, -0.15) is 0 Å². The van der Waals surface area contributed by atoms with E-state index in [1.165, 1.54) is 22.3 Å². The molecule has 178 valence electrons. The van der Waals surface area contributed by atoms with Gasteiger partial charge >= 0.3 is 0 Å². The zero-order valence-electron chi connectivity index (χ0n) is 20.2. The summed E-state index contributed by atoms with van der Waals surface area (Å²) in [6.45, 7) is 2.72. The maximum absolute atomic E-state index is 5.98. The first-order valence-corrected chi connectivity index (χ1v) is 12.3. The van der Waals surface area contributed by atoms with E-state index >= 15 is 0 Å². The Bertz CT molecular complexity index is 1250. The third-order valence-corrected chi connectivity index (χ3v) is 6.04. The molecule has 0 unspecified atom stereocenters. The lowest BCUT2D eigenvalue weighted by molar-refractivity contribution is -0.697. The van der Waals surface area contributed by atoms with Crippen LogP contribution in [0.2, 0.25) is 0 Å². The second kappa shape index (κ2) is 11.8. The van der Waals surface area contributed by atoms with Crippen molar-refractivity contribution in [3.05, 3.63) is 134 Å². The molecule has 4 heteroatoms. The molecule has 2 heterocycles. The van der Waals surface area contributed by atoms with E-state index < -0.39 is 0 Å². The fraction of sp³-hybridized carbons (Fsp3) is 0.125. The highest BCUT2D eigenvalue weighted by Crippen LogP contribution is 2.20. The highest BCUT2D eigenvalue weighted by molar-refractivity contribution is 5.62. The van der Waals surface area contributed by atoms with Crippen LogP contribution in [0.25, 0.3) is 22.3 Å². The van der Waals surface area contributed by atoms with E-state index in [0.29, 0.717) is 13.2 Å². The molecule has 0 bridgehead atoms. The molecule has 5 aromatic rings. The summed E-state index contributed by atoms with van der Waals surface area (Å²) in [7, 11) is 0. The fourth-order valence-corrected chi connectivity index (χ4v) is 4.05. The molecule has 0 fully saturated rings. The van der Waals surface area contributed by atoms with Crippen molar-refractivity contribution in [2.75, 3.05) is 13.2 Å². The summed E-state index contributed by atoms with van der Waals surface area (Å²) in [5, 5.41) is 0. The van der Waals surface area contributed by atoms with Crippen LogP contribution in [0.4, 0.5) is 0 Å². The van der Waals surface area contributed by atoms with Crippen molar-refractivity contribution in [2.24, 2.45) is 0 Å². The normalized spacial score (nSPS) is 10.7. The smallest absolute Gasteiger partial charge is 0.182 e. The molecule has 5 rings (SSSR count). The Morgan fingerprint density at radius 3 is 1.22 bits per heavy atom. The molecule has 0 aliphatic heterocycles. The highest BCUT2D eigenvalue weighted by atomic mass is 16.5. The molecule has 0 atom stereocenters. The lowest BCUT2D eigenvalue weighted by Crippen LogP contribution is -2.35. The van der Waals surface area contributed by atoms with E-state index in [1.807, 2.05) is 36.4 Å². The standard InChI is InChI=1S/C32H30N2O2/c1-3-8-27(9-4-1)29-14-18-33(19-15-29)22-24-35-31-12-7-13-32(26-31)36-25-23-34-20-16-30(17-21-34)28-10-5-2-6-11-28/h1-21,26H,22-25H2/q+2. The van der Waals surface area contributed by atoms with Gasteiger partial charge in [0, 0.05) is 30.3 Å². The van der Waals surface area contributed by atoms with Crippen molar-refractivity contribution in [1.82, 2.24) is 0 Å². The largest absolute Gasteiger partial charge is 0.487 e. The molecule has 4 nitrogen and oxygen atoms in total. The lowest BCUT2D eigenvalue weighted by atomic mass is 10.1. The zero-order chi connectivity index (χ0) is 24.4. The minimum absolute atomic E-state index is 0.586.